The van der Waals surface area contributed by atoms with E-state index < -0.39 is 0 Å². The lowest BCUT2D eigenvalue weighted by molar-refractivity contribution is 0.654. The molecule has 0 aliphatic rings. The quantitative estimate of drug-likeness (QED) is 0.833. The van der Waals surface area contributed by atoms with E-state index in [1.54, 1.807) is 11.3 Å². The highest BCUT2D eigenvalue weighted by atomic mass is 79.9. The molecule has 2 rings (SSSR count). The molecule has 6 heteroatoms. The highest BCUT2D eigenvalue weighted by Crippen LogP contribution is 2.20. The number of rotatable bonds is 6. The number of aromatic nitrogens is 3. The Hall–Kier alpha value is -0.720. The summed E-state index contributed by atoms with van der Waals surface area (Å²) in [5, 5.41) is 10.4. The van der Waals surface area contributed by atoms with Crippen LogP contribution in [0.5, 0.6) is 0 Å². The van der Waals surface area contributed by atoms with Gasteiger partial charge < -0.3 is 5.73 Å². The number of unbranched alkanes of at least 4 members (excludes halogenated alkanes) is 1. The summed E-state index contributed by atoms with van der Waals surface area (Å²) in [7, 11) is 0. The molecule has 0 radical (unpaired) electrons. The Morgan fingerprint density at radius 2 is 2.29 bits per heavy atom. The van der Waals surface area contributed by atoms with Crippen LogP contribution >= 0.6 is 27.3 Å². The first-order chi connectivity index (χ1) is 8.28. The van der Waals surface area contributed by atoms with E-state index in [2.05, 4.69) is 37.7 Å². The third-order valence-corrected chi connectivity index (χ3v) is 4.10. The maximum absolute atomic E-state index is 5.46. The number of hydrogen-bond donors (Lipinski definition) is 1. The zero-order chi connectivity index (χ0) is 12.1. The van der Waals surface area contributed by atoms with Crippen molar-refractivity contribution in [2.75, 3.05) is 6.54 Å². The van der Waals surface area contributed by atoms with Crippen LogP contribution in [0.1, 0.15) is 23.4 Å². The minimum atomic E-state index is 0.747. The molecular formula is C11H15BrN4S. The molecule has 0 bridgehead atoms. The van der Waals surface area contributed by atoms with Gasteiger partial charge in [0.25, 0.3) is 0 Å². The summed E-state index contributed by atoms with van der Waals surface area (Å²) in [6, 6.07) is 2.11. The van der Waals surface area contributed by atoms with Crippen LogP contribution in [0.2, 0.25) is 0 Å². The van der Waals surface area contributed by atoms with Crippen molar-refractivity contribution in [1.82, 2.24) is 15.0 Å². The van der Waals surface area contributed by atoms with E-state index in [1.807, 2.05) is 10.9 Å². The van der Waals surface area contributed by atoms with Crippen LogP contribution in [0.25, 0.3) is 0 Å². The number of nitrogens with zero attached hydrogens (tertiary/aromatic N) is 3. The lowest BCUT2D eigenvalue weighted by atomic mass is 10.2. The molecule has 2 aromatic heterocycles. The molecule has 0 saturated carbocycles. The molecule has 2 heterocycles. The van der Waals surface area contributed by atoms with Gasteiger partial charge in [0.1, 0.15) is 0 Å². The number of aryl methyl sites for hydroxylation is 1. The van der Waals surface area contributed by atoms with Crippen molar-refractivity contribution >= 4 is 27.3 Å². The van der Waals surface area contributed by atoms with E-state index in [4.69, 9.17) is 5.73 Å². The van der Waals surface area contributed by atoms with Crippen molar-refractivity contribution in [3.05, 3.63) is 32.7 Å². The van der Waals surface area contributed by atoms with Crippen LogP contribution in [0.3, 0.4) is 0 Å². The van der Waals surface area contributed by atoms with Crippen molar-refractivity contribution in [3.8, 4) is 0 Å². The molecule has 0 aliphatic carbocycles. The first kappa shape index (κ1) is 12.7. The largest absolute Gasteiger partial charge is 0.330 e. The van der Waals surface area contributed by atoms with Crippen LogP contribution in [0.15, 0.2) is 22.1 Å². The van der Waals surface area contributed by atoms with E-state index in [-0.39, 0.29) is 0 Å². The molecule has 0 aliphatic heterocycles. The maximum Gasteiger partial charge on any atom is 0.0827 e. The van der Waals surface area contributed by atoms with Crippen molar-refractivity contribution in [2.45, 2.75) is 25.8 Å². The third-order valence-electron chi connectivity index (χ3n) is 2.41. The molecule has 0 unspecified atom stereocenters. The topological polar surface area (TPSA) is 56.7 Å². The van der Waals surface area contributed by atoms with Crippen LogP contribution < -0.4 is 5.73 Å². The van der Waals surface area contributed by atoms with Gasteiger partial charge in [-0.15, -0.1) is 16.4 Å². The van der Waals surface area contributed by atoms with Gasteiger partial charge >= 0.3 is 0 Å². The molecule has 4 nitrogen and oxygen atoms in total. The Labute approximate surface area is 113 Å². The standard InChI is InChI=1S/C11H15BrN4S/c12-9-5-11(17-8-9)7-16-6-10(14-15-16)3-1-2-4-13/h5-6,8H,1-4,7,13H2. The predicted molar refractivity (Wildman–Crippen MR) is 73.1 cm³/mol. The van der Waals surface area contributed by atoms with Gasteiger partial charge in [0.2, 0.25) is 0 Å². The molecule has 2 N–H and O–H groups in total. The van der Waals surface area contributed by atoms with Crippen LogP contribution in [0, 0.1) is 0 Å². The first-order valence-electron chi connectivity index (χ1n) is 5.60. The van der Waals surface area contributed by atoms with Crippen molar-refractivity contribution in [2.24, 2.45) is 5.73 Å². The second-order valence-electron chi connectivity index (χ2n) is 3.88. The average molecular weight is 315 g/mol. The SMILES string of the molecule is NCCCCc1cn(Cc2cc(Br)cs2)nn1. The van der Waals surface area contributed by atoms with E-state index in [9.17, 15) is 0 Å². The van der Waals surface area contributed by atoms with E-state index in [0.29, 0.717) is 0 Å². The van der Waals surface area contributed by atoms with Crippen molar-refractivity contribution < 1.29 is 0 Å². The molecule has 17 heavy (non-hydrogen) atoms. The molecule has 0 spiro atoms. The van der Waals surface area contributed by atoms with Crippen LogP contribution in [-0.4, -0.2) is 21.5 Å². The highest BCUT2D eigenvalue weighted by molar-refractivity contribution is 9.10. The van der Waals surface area contributed by atoms with Gasteiger partial charge in [-0.2, -0.15) is 0 Å². The molecule has 0 aromatic carbocycles. The summed E-state index contributed by atoms with van der Waals surface area (Å²) < 4.78 is 3.01. The van der Waals surface area contributed by atoms with Crippen LogP contribution in [-0.2, 0) is 13.0 Å². The van der Waals surface area contributed by atoms with Gasteiger partial charge in [0.15, 0.2) is 0 Å². The maximum atomic E-state index is 5.46. The molecule has 0 amide bonds. The first-order valence-corrected chi connectivity index (χ1v) is 7.27. The minimum Gasteiger partial charge on any atom is -0.330 e. The summed E-state index contributed by atoms with van der Waals surface area (Å²) in [6.07, 6.45) is 5.11. The van der Waals surface area contributed by atoms with Crippen molar-refractivity contribution in [1.29, 1.82) is 0 Å². The zero-order valence-electron chi connectivity index (χ0n) is 9.47. The van der Waals surface area contributed by atoms with E-state index >= 15 is 0 Å². The van der Waals surface area contributed by atoms with Gasteiger partial charge in [0, 0.05) is 20.9 Å². The number of nitrogens with two attached hydrogens (primary N) is 1. The fourth-order valence-electron chi connectivity index (χ4n) is 1.58. The Balaban J connectivity index is 1.89. The van der Waals surface area contributed by atoms with Gasteiger partial charge in [0.05, 0.1) is 12.2 Å². The summed E-state index contributed by atoms with van der Waals surface area (Å²) in [4.78, 5) is 1.27. The Morgan fingerprint density at radius 1 is 1.41 bits per heavy atom. The van der Waals surface area contributed by atoms with Gasteiger partial charge in [-0.05, 0) is 47.8 Å². The lowest BCUT2D eigenvalue weighted by Gasteiger charge is -1.95. The van der Waals surface area contributed by atoms with Gasteiger partial charge in [-0.25, -0.2) is 4.68 Å². The molecule has 0 saturated heterocycles. The lowest BCUT2D eigenvalue weighted by Crippen LogP contribution is -1.99. The van der Waals surface area contributed by atoms with E-state index in [0.717, 1.165) is 42.5 Å². The molecule has 2 aromatic rings. The number of thiophene rings is 1. The number of halogens is 1. The summed E-state index contributed by atoms with van der Waals surface area (Å²) >= 11 is 5.17. The minimum absolute atomic E-state index is 0.747. The monoisotopic (exact) mass is 314 g/mol. The normalized spacial score (nSPS) is 10.9. The van der Waals surface area contributed by atoms with E-state index in [1.165, 1.54) is 4.88 Å². The second-order valence-corrected chi connectivity index (χ2v) is 5.80. The summed E-state index contributed by atoms with van der Waals surface area (Å²) in [5.41, 5.74) is 6.51. The Morgan fingerprint density at radius 3 is 3.00 bits per heavy atom. The molecule has 92 valence electrons. The molecular weight excluding hydrogens is 300 g/mol. The third kappa shape index (κ3) is 3.90. The Bertz CT molecular complexity index is 465. The summed E-state index contributed by atoms with van der Waals surface area (Å²) in [5.74, 6) is 0. The van der Waals surface area contributed by atoms with Gasteiger partial charge in [-0.3, -0.25) is 0 Å². The Kier molecular flexibility index (Phi) is 4.70. The highest BCUT2D eigenvalue weighted by Gasteiger charge is 2.03. The zero-order valence-corrected chi connectivity index (χ0v) is 11.9. The molecule has 0 atom stereocenters. The predicted octanol–water partition coefficient (Wildman–Crippen LogP) is 2.43. The number of hydrogen-bond acceptors (Lipinski definition) is 4. The van der Waals surface area contributed by atoms with Crippen LogP contribution in [0.4, 0.5) is 0 Å². The molecule has 0 fully saturated rings. The fraction of sp³-hybridized carbons (Fsp3) is 0.455. The average Bonchev–Trinajstić information content (AvgIpc) is 2.90. The summed E-state index contributed by atoms with van der Waals surface area (Å²) in [6.45, 7) is 1.54. The fourth-order valence-corrected chi connectivity index (χ4v) is 3.02. The second kappa shape index (κ2) is 6.28. The smallest absolute Gasteiger partial charge is 0.0827 e. The van der Waals surface area contributed by atoms with Gasteiger partial charge in [-0.1, -0.05) is 5.21 Å². The van der Waals surface area contributed by atoms with Crippen molar-refractivity contribution in [3.63, 3.8) is 0 Å².